The third-order valence-corrected chi connectivity index (χ3v) is 3.45. The van der Waals surface area contributed by atoms with Crippen molar-refractivity contribution >= 4 is 11.8 Å². The quantitative estimate of drug-likeness (QED) is 0.768. The minimum Gasteiger partial charge on any atom is -0.326 e. The molecule has 102 valence electrons. The number of nitrogens with zero attached hydrogens (tertiary/aromatic N) is 1. The van der Waals surface area contributed by atoms with Gasteiger partial charge in [0.1, 0.15) is 0 Å². The van der Waals surface area contributed by atoms with Gasteiger partial charge >= 0.3 is 0 Å². The van der Waals surface area contributed by atoms with Crippen LogP contribution < -0.4 is 11.1 Å². The van der Waals surface area contributed by atoms with Crippen molar-refractivity contribution in [3.05, 3.63) is 35.4 Å². The summed E-state index contributed by atoms with van der Waals surface area (Å²) in [5.41, 5.74) is 7.84. The number of rotatable bonds is 4. The molecule has 5 heteroatoms. The molecule has 2 rings (SSSR count). The second kappa shape index (κ2) is 5.95. The van der Waals surface area contributed by atoms with Crippen molar-refractivity contribution in [3.63, 3.8) is 0 Å². The van der Waals surface area contributed by atoms with Crippen LogP contribution in [0.4, 0.5) is 0 Å². The van der Waals surface area contributed by atoms with E-state index in [0.717, 1.165) is 11.1 Å². The van der Waals surface area contributed by atoms with Crippen molar-refractivity contribution in [1.29, 1.82) is 0 Å². The minimum absolute atomic E-state index is 0.205. The normalized spacial score (nSPS) is 20.4. The van der Waals surface area contributed by atoms with Crippen LogP contribution in [0.2, 0.25) is 0 Å². The van der Waals surface area contributed by atoms with Gasteiger partial charge in [-0.1, -0.05) is 31.2 Å². The highest BCUT2D eigenvalue weighted by Crippen LogP contribution is 2.16. The second-order valence-electron chi connectivity index (χ2n) is 4.71. The summed E-state index contributed by atoms with van der Waals surface area (Å²) in [6.45, 7) is 3.23. The zero-order chi connectivity index (χ0) is 13.8. The minimum atomic E-state index is -0.247. The summed E-state index contributed by atoms with van der Waals surface area (Å²) in [5, 5.41) is 2.38. The number of nitrogens with two attached hydrogens (primary N) is 1. The highest BCUT2D eigenvalue weighted by atomic mass is 16.2. The van der Waals surface area contributed by atoms with E-state index in [1.165, 1.54) is 0 Å². The van der Waals surface area contributed by atoms with E-state index in [2.05, 4.69) is 5.32 Å². The summed E-state index contributed by atoms with van der Waals surface area (Å²) in [6.07, 6.45) is 0.684. The molecule has 1 aliphatic rings. The summed E-state index contributed by atoms with van der Waals surface area (Å²) in [4.78, 5) is 25.2. The zero-order valence-corrected chi connectivity index (χ0v) is 11.1. The molecule has 19 heavy (non-hydrogen) atoms. The van der Waals surface area contributed by atoms with Crippen LogP contribution in [-0.2, 0) is 22.7 Å². The molecular weight excluding hydrogens is 242 g/mol. The number of hydrogen-bond acceptors (Lipinski definition) is 4. The molecule has 0 bridgehead atoms. The van der Waals surface area contributed by atoms with Crippen molar-refractivity contribution in [2.45, 2.75) is 32.5 Å². The van der Waals surface area contributed by atoms with Gasteiger partial charge in [0.05, 0.1) is 12.6 Å². The largest absolute Gasteiger partial charge is 0.326 e. The predicted octanol–water partition coefficient (Wildman–Crippen LogP) is 0.382. The number of nitrogens with one attached hydrogen (secondary N) is 1. The monoisotopic (exact) mass is 261 g/mol. The lowest BCUT2D eigenvalue weighted by molar-refractivity contribution is -0.140. The lowest BCUT2D eigenvalue weighted by Crippen LogP contribution is -2.57. The maximum absolute atomic E-state index is 11.8. The average Bonchev–Trinajstić information content (AvgIpc) is 2.39. The van der Waals surface area contributed by atoms with Gasteiger partial charge < -0.3 is 5.73 Å². The van der Waals surface area contributed by atoms with Gasteiger partial charge in [0.25, 0.3) is 0 Å². The molecule has 2 amide bonds. The fourth-order valence-electron chi connectivity index (χ4n) is 2.46. The number of piperazine rings is 1. The lowest BCUT2D eigenvalue weighted by atomic mass is 10.0. The van der Waals surface area contributed by atoms with E-state index in [9.17, 15) is 9.59 Å². The van der Waals surface area contributed by atoms with Crippen LogP contribution in [0.3, 0.4) is 0 Å². The van der Waals surface area contributed by atoms with E-state index in [4.69, 9.17) is 5.73 Å². The Bertz CT molecular complexity index is 487. The number of hydrogen-bond donors (Lipinski definition) is 2. The van der Waals surface area contributed by atoms with Crippen molar-refractivity contribution in [1.82, 2.24) is 10.2 Å². The number of carbonyl (C=O) groups excluding carboxylic acids is 2. The molecule has 1 aromatic rings. The summed E-state index contributed by atoms with van der Waals surface area (Å²) in [5.74, 6) is -0.441. The number of imide groups is 1. The molecule has 1 heterocycles. The number of carbonyl (C=O) groups is 2. The Kier molecular flexibility index (Phi) is 4.29. The molecule has 5 nitrogen and oxygen atoms in total. The van der Waals surface area contributed by atoms with Crippen molar-refractivity contribution in [2.75, 3.05) is 6.54 Å². The Morgan fingerprint density at radius 2 is 2.00 bits per heavy atom. The van der Waals surface area contributed by atoms with E-state index in [1.54, 1.807) is 0 Å². The van der Waals surface area contributed by atoms with Crippen LogP contribution in [-0.4, -0.2) is 29.3 Å². The van der Waals surface area contributed by atoms with Gasteiger partial charge in [0.2, 0.25) is 11.8 Å². The summed E-state index contributed by atoms with van der Waals surface area (Å²) in [6, 6.07) is 7.61. The van der Waals surface area contributed by atoms with Gasteiger partial charge in [0.15, 0.2) is 0 Å². The Balaban J connectivity index is 2.20. The summed E-state index contributed by atoms with van der Waals surface area (Å²) < 4.78 is 0. The first-order chi connectivity index (χ1) is 9.15. The van der Waals surface area contributed by atoms with Crippen LogP contribution in [0, 0.1) is 0 Å². The molecule has 0 aliphatic carbocycles. The Morgan fingerprint density at radius 1 is 1.32 bits per heavy atom. The molecule has 1 fully saturated rings. The molecule has 1 aromatic carbocycles. The molecule has 1 aliphatic heterocycles. The fourth-order valence-corrected chi connectivity index (χ4v) is 2.46. The van der Waals surface area contributed by atoms with Gasteiger partial charge in [-0.25, -0.2) is 0 Å². The first-order valence-electron chi connectivity index (χ1n) is 6.50. The molecule has 0 saturated carbocycles. The summed E-state index contributed by atoms with van der Waals surface area (Å²) in [7, 11) is 0. The molecule has 1 atom stereocenters. The predicted molar refractivity (Wildman–Crippen MR) is 72.0 cm³/mol. The van der Waals surface area contributed by atoms with E-state index in [1.807, 2.05) is 36.1 Å². The fraction of sp³-hybridized carbons (Fsp3) is 0.429. The molecule has 0 radical (unpaired) electrons. The third kappa shape index (κ3) is 3.00. The average molecular weight is 261 g/mol. The molecule has 0 spiro atoms. The van der Waals surface area contributed by atoms with E-state index in [0.29, 0.717) is 19.5 Å². The topological polar surface area (TPSA) is 75.4 Å². The van der Waals surface area contributed by atoms with Crippen molar-refractivity contribution in [2.24, 2.45) is 5.73 Å². The van der Waals surface area contributed by atoms with Crippen LogP contribution in [0.1, 0.15) is 24.5 Å². The first kappa shape index (κ1) is 13.7. The highest BCUT2D eigenvalue weighted by Gasteiger charge is 2.32. The van der Waals surface area contributed by atoms with Gasteiger partial charge in [-0.2, -0.15) is 0 Å². The van der Waals surface area contributed by atoms with Gasteiger partial charge in [-0.05, 0) is 17.5 Å². The van der Waals surface area contributed by atoms with E-state index in [-0.39, 0.29) is 24.4 Å². The van der Waals surface area contributed by atoms with Crippen LogP contribution in [0.5, 0.6) is 0 Å². The Hall–Kier alpha value is -1.72. The third-order valence-electron chi connectivity index (χ3n) is 3.45. The van der Waals surface area contributed by atoms with Crippen LogP contribution in [0.25, 0.3) is 0 Å². The van der Waals surface area contributed by atoms with Crippen molar-refractivity contribution < 1.29 is 9.59 Å². The molecule has 0 aromatic heterocycles. The standard InChI is InChI=1S/C14H19N3O2/c1-2-12-14(19)16-13(18)9-17(12)8-11-6-4-3-5-10(11)7-15/h3-6,12H,2,7-9,15H2,1H3,(H,16,18,19). The van der Waals surface area contributed by atoms with E-state index < -0.39 is 0 Å². The van der Waals surface area contributed by atoms with Crippen molar-refractivity contribution in [3.8, 4) is 0 Å². The maximum atomic E-state index is 11.8. The van der Waals surface area contributed by atoms with Crippen LogP contribution >= 0.6 is 0 Å². The molecule has 1 unspecified atom stereocenters. The summed E-state index contributed by atoms with van der Waals surface area (Å²) >= 11 is 0. The Morgan fingerprint density at radius 3 is 2.63 bits per heavy atom. The zero-order valence-electron chi connectivity index (χ0n) is 11.1. The molecule has 3 N–H and O–H groups in total. The molecular formula is C14H19N3O2. The SMILES string of the molecule is CCC1C(=O)NC(=O)CN1Cc1ccccc1CN. The lowest BCUT2D eigenvalue weighted by Gasteiger charge is -2.33. The van der Waals surface area contributed by atoms with Gasteiger partial charge in [-0.3, -0.25) is 19.8 Å². The first-order valence-corrected chi connectivity index (χ1v) is 6.50. The Labute approximate surface area is 112 Å². The maximum Gasteiger partial charge on any atom is 0.243 e. The smallest absolute Gasteiger partial charge is 0.243 e. The molecule has 1 saturated heterocycles. The second-order valence-corrected chi connectivity index (χ2v) is 4.71. The number of amides is 2. The van der Waals surface area contributed by atoms with Crippen LogP contribution in [0.15, 0.2) is 24.3 Å². The van der Waals surface area contributed by atoms with Gasteiger partial charge in [-0.15, -0.1) is 0 Å². The number of benzene rings is 1. The van der Waals surface area contributed by atoms with E-state index >= 15 is 0 Å². The highest BCUT2D eigenvalue weighted by molar-refractivity contribution is 6.01. The van der Waals surface area contributed by atoms with Gasteiger partial charge in [0, 0.05) is 13.1 Å².